The van der Waals surface area contributed by atoms with Gasteiger partial charge in [0.15, 0.2) is 0 Å². The second-order valence-corrected chi connectivity index (χ2v) is 8.65. The van der Waals surface area contributed by atoms with Crippen molar-refractivity contribution in [2.75, 3.05) is 0 Å². The molecular formula is C23H24O4. The largest absolute Gasteiger partial charge is 0.433 e. The van der Waals surface area contributed by atoms with Crippen LogP contribution < -0.4 is 9.47 Å². The monoisotopic (exact) mass is 364 g/mol. The van der Waals surface area contributed by atoms with Crippen molar-refractivity contribution in [3.05, 3.63) is 60.7 Å². The molecule has 1 heterocycles. The summed E-state index contributed by atoms with van der Waals surface area (Å²) in [7, 11) is 0. The highest BCUT2D eigenvalue weighted by atomic mass is 17.3. The molecule has 5 aliphatic rings. The van der Waals surface area contributed by atoms with Crippen LogP contribution in [-0.2, 0) is 9.78 Å². The van der Waals surface area contributed by atoms with E-state index < -0.39 is 11.6 Å². The predicted octanol–water partition coefficient (Wildman–Crippen LogP) is 4.95. The van der Waals surface area contributed by atoms with Gasteiger partial charge in [0.05, 0.1) is 0 Å². The molecule has 4 aliphatic carbocycles. The number of benzene rings is 2. The number of ether oxygens (including phenoxy) is 2. The van der Waals surface area contributed by atoms with Crippen molar-refractivity contribution in [3.63, 3.8) is 0 Å². The van der Waals surface area contributed by atoms with Crippen LogP contribution in [0.15, 0.2) is 60.7 Å². The lowest BCUT2D eigenvalue weighted by atomic mass is 9.48. The van der Waals surface area contributed by atoms with Crippen molar-refractivity contribution in [2.24, 2.45) is 23.7 Å². The molecule has 2 aromatic carbocycles. The number of hydrogen-bond acceptors (Lipinski definition) is 4. The normalized spacial score (nSPS) is 37.8. The van der Waals surface area contributed by atoms with E-state index in [0.29, 0.717) is 11.8 Å². The van der Waals surface area contributed by atoms with Gasteiger partial charge in [0.2, 0.25) is 5.60 Å². The molecule has 4 saturated carbocycles. The summed E-state index contributed by atoms with van der Waals surface area (Å²) in [6.07, 6.45) is 6.14. The summed E-state index contributed by atoms with van der Waals surface area (Å²) < 4.78 is 12.9. The third-order valence-electron chi connectivity index (χ3n) is 7.11. The van der Waals surface area contributed by atoms with Crippen molar-refractivity contribution < 1.29 is 19.2 Å². The molecule has 140 valence electrons. The average molecular weight is 364 g/mol. The Balaban J connectivity index is 1.42. The van der Waals surface area contributed by atoms with E-state index in [4.69, 9.17) is 19.2 Å². The molecule has 4 heteroatoms. The molecular weight excluding hydrogens is 340 g/mol. The second kappa shape index (κ2) is 5.73. The first-order valence-electron chi connectivity index (χ1n) is 10.1. The van der Waals surface area contributed by atoms with E-state index in [-0.39, 0.29) is 0 Å². The van der Waals surface area contributed by atoms with Gasteiger partial charge in [-0.2, -0.15) is 0 Å². The summed E-state index contributed by atoms with van der Waals surface area (Å²) in [4.78, 5) is 11.8. The highest BCUT2D eigenvalue weighted by molar-refractivity contribution is 5.27. The third kappa shape index (κ3) is 2.23. The first-order valence-corrected chi connectivity index (χ1v) is 10.1. The van der Waals surface area contributed by atoms with E-state index in [1.807, 2.05) is 60.7 Å². The molecule has 7 rings (SSSR count). The molecule has 4 bridgehead atoms. The Labute approximate surface area is 159 Å². The van der Waals surface area contributed by atoms with Gasteiger partial charge in [-0.05, 0) is 68.2 Å². The fourth-order valence-corrected chi connectivity index (χ4v) is 6.23. The van der Waals surface area contributed by atoms with Gasteiger partial charge in [-0.15, -0.1) is 4.89 Å². The molecule has 5 fully saturated rings. The molecule has 4 nitrogen and oxygen atoms in total. The molecule has 0 unspecified atom stereocenters. The van der Waals surface area contributed by atoms with E-state index in [1.165, 1.54) is 32.1 Å². The zero-order chi connectivity index (χ0) is 17.9. The minimum Gasteiger partial charge on any atom is -0.426 e. The fraction of sp³-hybridized carbons (Fsp3) is 0.478. The Bertz CT molecular complexity index is 749. The van der Waals surface area contributed by atoms with Crippen LogP contribution >= 0.6 is 0 Å². The summed E-state index contributed by atoms with van der Waals surface area (Å²) in [6, 6.07) is 19.6. The SMILES string of the molecule is c1ccc(OC2(Oc3ccccc3)OOC23C2CC4CC(C2)CC3C4)cc1. The van der Waals surface area contributed by atoms with Gasteiger partial charge in [-0.3, -0.25) is 0 Å². The molecule has 0 amide bonds. The van der Waals surface area contributed by atoms with Gasteiger partial charge in [-0.25, -0.2) is 4.89 Å². The van der Waals surface area contributed by atoms with Crippen LogP contribution in [0, 0.1) is 23.7 Å². The molecule has 27 heavy (non-hydrogen) atoms. The van der Waals surface area contributed by atoms with Crippen LogP contribution in [0.5, 0.6) is 11.5 Å². The quantitative estimate of drug-likeness (QED) is 0.568. The lowest BCUT2D eigenvalue weighted by Crippen LogP contribution is -2.81. The Hall–Kier alpha value is -2.04. The van der Waals surface area contributed by atoms with Crippen LogP contribution in [0.25, 0.3) is 0 Å². The minimum atomic E-state index is -1.22. The van der Waals surface area contributed by atoms with Crippen LogP contribution in [0.4, 0.5) is 0 Å². The zero-order valence-corrected chi connectivity index (χ0v) is 15.3. The number of rotatable bonds is 4. The third-order valence-corrected chi connectivity index (χ3v) is 7.11. The Kier molecular flexibility index (Phi) is 3.39. The highest BCUT2D eigenvalue weighted by Crippen LogP contribution is 2.66. The summed E-state index contributed by atoms with van der Waals surface area (Å²) in [5.41, 5.74) is -0.522. The molecule has 0 aromatic heterocycles. The molecule has 1 aliphatic heterocycles. The second-order valence-electron chi connectivity index (χ2n) is 8.65. The van der Waals surface area contributed by atoms with E-state index in [9.17, 15) is 0 Å². The maximum absolute atomic E-state index is 6.45. The first-order chi connectivity index (χ1) is 13.3. The summed E-state index contributed by atoms with van der Waals surface area (Å²) in [5.74, 6) is 2.76. The molecule has 2 aromatic rings. The maximum Gasteiger partial charge on any atom is 0.433 e. The van der Waals surface area contributed by atoms with Crippen molar-refractivity contribution in [1.82, 2.24) is 0 Å². The van der Waals surface area contributed by atoms with Gasteiger partial charge in [-0.1, -0.05) is 36.4 Å². The van der Waals surface area contributed by atoms with Crippen molar-refractivity contribution in [1.29, 1.82) is 0 Å². The smallest absolute Gasteiger partial charge is 0.426 e. The van der Waals surface area contributed by atoms with Gasteiger partial charge >= 0.3 is 5.97 Å². The van der Waals surface area contributed by atoms with Crippen molar-refractivity contribution >= 4 is 0 Å². The van der Waals surface area contributed by atoms with E-state index in [0.717, 1.165) is 23.3 Å². The minimum absolute atomic E-state index is 0.426. The van der Waals surface area contributed by atoms with Gasteiger partial charge in [0, 0.05) is 11.8 Å². The van der Waals surface area contributed by atoms with Crippen molar-refractivity contribution in [2.45, 2.75) is 43.7 Å². The Morgan fingerprint density at radius 1 is 0.630 bits per heavy atom. The van der Waals surface area contributed by atoms with Gasteiger partial charge in [0.1, 0.15) is 11.5 Å². The highest BCUT2D eigenvalue weighted by Gasteiger charge is 2.80. The van der Waals surface area contributed by atoms with Crippen LogP contribution in [0.3, 0.4) is 0 Å². The van der Waals surface area contributed by atoms with E-state index in [2.05, 4.69) is 0 Å². The average Bonchev–Trinajstić information content (AvgIpc) is 2.68. The summed E-state index contributed by atoms with van der Waals surface area (Å²) in [6.45, 7) is 0. The van der Waals surface area contributed by atoms with Crippen LogP contribution in [0.2, 0.25) is 0 Å². The molecule has 1 saturated heterocycles. The van der Waals surface area contributed by atoms with E-state index >= 15 is 0 Å². The molecule has 1 spiro atoms. The number of hydrogen-bond donors (Lipinski definition) is 0. The van der Waals surface area contributed by atoms with Gasteiger partial charge < -0.3 is 9.47 Å². The Morgan fingerprint density at radius 2 is 1.11 bits per heavy atom. The van der Waals surface area contributed by atoms with Crippen LogP contribution in [0.1, 0.15) is 32.1 Å². The summed E-state index contributed by atoms with van der Waals surface area (Å²) >= 11 is 0. The Morgan fingerprint density at radius 3 is 1.52 bits per heavy atom. The summed E-state index contributed by atoms with van der Waals surface area (Å²) in [5, 5.41) is 0. The topological polar surface area (TPSA) is 36.9 Å². The molecule has 0 atom stereocenters. The fourth-order valence-electron chi connectivity index (χ4n) is 6.23. The lowest BCUT2D eigenvalue weighted by molar-refractivity contribution is -0.668. The first kappa shape index (κ1) is 16.0. The zero-order valence-electron chi connectivity index (χ0n) is 15.3. The molecule has 0 N–H and O–H groups in total. The van der Waals surface area contributed by atoms with Gasteiger partial charge in [0.25, 0.3) is 0 Å². The van der Waals surface area contributed by atoms with E-state index in [1.54, 1.807) is 0 Å². The maximum atomic E-state index is 6.45. The molecule has 0 radical (unpaired) electrons. The predicted molar refractivity (Wildman–Crippen MR) is 98.8 cm³/mol. The lowest BCUT2D eigenvalue weighted by Gasteiger charge is -2.66. The van der Waals surface area contributed by atoms with Crippen LogP contribution in [-0.4, -0.2) is 11.6 Å². The number of para-hydroxylation sites is 2. The van der Waals surface area contributed by atoms with Crippen molar-refractivity contribution in [3.8, 4) is 11.5 Å². The standard InChI is InChI=1S/C23H24O4/c1-3-7-20(8-4-1)24-23(25-21-9-5-2-6-10-21)22(26-27-23)18-12-16-11-17(14-18)15-19(22)13-16/h1-10,16-19H,11-15H2.